The molecule has 0 spiro atoms. The maximum absolute atomic E-state index is 12.5. The summed E-state index contributed by atoms with van der Waals surface area (Å²) in [4.78, 5) is 34.3. The fourth-order valence-electron chi connectivity index (χ4n) is 3.66. The van der Waals surface area contributed by atoms with E-state index in [0.717, 1.165) is 31.6 Å². The number of carbonyl (C=O) groups is 2. The van der Waals surface area contributed by atoms with Crippen molar-refractivity contribution in [2.45, 2.75) is 37.3 Å². The number of urea groups is 1. The van der Waals surface area contributed by atoms with Crippen molar-refractivity contribution >= 4 is 11.9 Å². The number of nitrogens with zero attached hydrogens (tertiary/aromatic N) is 5. The van der Waals surface area contributed by atoms with Gasteiger partial charge in [-0.1, -0.05) is 0 Å². The Hall–Kier alpha value is -2.16. The molecule has 3 aliphatic rings. The highest BCUT2D eigenvalue weighted by Gasteiger charge is 2.40. The monoisotopic (exact) mass is 348 g/mol. The fourth-order valence-corrected chi connectivity index (χ4v) is 3.66. The molecule has 2 aliphatic heterocycles. The average molecular weight is 348 g/mol. The van der Waals surface area contributed by atoms with Gasteiger partial charge >= 0.3 is 6.03 Å². The first kappa shape index (κ1) is 16.3. The molecular weight excluding hydrogens is 324 g/mol. The summed E-state index contributed by atoms with van der Waals surface area (Å²) < 4.78 is 5.79. The molecule has 1 aromatic rings. The van der Waals surface area contributed by atoms with Crippen LogP contribution in [0.2, 0.25) is 0 Å². The lowest BCUT2D eigenvalue weighted by Gasteiger charge is -2.26. The minimum Gasteiger partial charge on any atom is -0.376 e. The lowest BCUT2D eigenvalue weighted by atomic mass is 10.0. The third-order valence-corrected chi connectivity index (χ3v) is 5.31. The Morgan fingerprint density at radius 1 is 1.40 bits per heavy atom. The van der Waals surface area contributed by atoms with E-state index in [9.17, 15) is 9.59 Å². The lowest BCUT2D eigenvalue weighted by molar-refractivity contribution is -0.131. The largest absolute Gasteiger partial charge is 0.376 e. The molecule has 1 N–H and O–H groups in total. The summed E-state index contributed by atoms with van der Waals surface area (Å²) in [5.41, 5.74) is 0. The van der Waals surface area contributed by atoms with Crippen LogP contribution in [0.1, 0.15) is 31.0 Å². The van der Waals surface area contributed by atoms with Gasteiger partial charge in [-0.15, -0.1) is 0 Å². The third kappa shape index (κ3) is 3.33. The van der Waals surface area contributed by atoms with Crippen molar-refractivity contribution in [3.05, 3.63) is 12.2 Å². The highest BCUT2D eigenvalue weighted by molar-refractivity contribution is 5.85. The summed E-state index contributed by atoms with van der Waals surface area (Å²) in [6.45, 7) is 2.64. The molecule has 3 heterocycles. The summed E-state index contributed by atoms with van der Waals surface area (Å²) >= 11 is 0. The average Bonchev–Trinajstić information content (AvgIpc) is 3.00. The number of H-pyrrole nitrogens is 1. The van der Waals surface area contributed by atoms with Crippen molar-refractivity contribution in [3.8, 4) is 0 Å². The Morgan fingerprint density at radius 3 is 2.96 bits per heavy atom. The van der Waals surface area contributed by atoms with Gasteiger partial charge in [0.15, 0.2) is 0 Å². The molecule has 1 aliphatic carbocycles. The first-order chi connectivity index (χ1) is 12.1. The van der Waals surface area contributed by atoms with Crippen LogP contribution in [0.4, 0.5) is 4.79 Å². The van der Waals surface area contributed by atoms with Gasteiger partial charge in [-0.05, 0) is 19.3 Å². The zero-order valence-corrected chi connectivity index (χ0v) is 14.4. The lowest BCUT2D eigenvalue weighted by Crippen LogP contribution is -2.43. The Morgan fingerprint density at radius 2 is 2.24 bits per heavy atom. The normalized spacial score (nSPS) is 26.5. The molecule has 0 radical (unpaired) electrons. The van der Waals surface area contributed by atoms with E-state index in [2.05, 4.69) is 15.2 Å². The van der Waals surface area contributed by atoms with Crippen LogP contribution in [-0.4, -0.2) is 93.8 Å². The summed E-state index contributed by atoms with van der Waals surface area (Å²) in [6.07, 6.45) is 4.44. The van der Waals surface area contributed by atoms with Gasteiger partial charge in [0, 0.05) is 45.2 Å². The van der Waals surface area contributed by atoms with Gasteiger partial charge in [-0.3, -0.25) is 9.89 Å². The molecule has 0 aromatic carbocycles. The molecule has 1 saturated carbocycles. The smallest absolute Gasteiger partial charge is 0.320 e. The number of aromatic amines is 1. The van der Waals surface area contributed by atoms with Crippen molar-refractivity contribution in [2.75, 3.05) is 39.8 Å². The zero-order chi connectivity index (χ0) is 17.4. The molecule has 136 valence electrons. The molecule has 9 heteroatoms. The highest BCUT2D eigenvalue weighted by Crippen LogP contribution is 2.30. The number of amides is 3. The highest BCUT2D eigenvalue weighted by atomic mass is 16.5. The maximum Gasteiger partial charge on any atom is 0.320 e. The van der Waals surface area contributed by atoms with Gasteiger partial charge in [0.1, 0.15) is 18.7 Å². The van der Waals surface area contributed by atoms with Crippen LogP contribution in [0.15, 0.2) is 6.33 Å². The van der Waals surface area contributed by atoms with Gasteiger partial charge in [0.05, 0.1) is 6.10 Å². The van der Waals surface area contributed by atoms with Gasteiger partial charge in [-0.2, -0.15) is 5.10 Å². The maximum atomic E-state index is 12.5. The molecule has 3 amide bonds. The predicted octanol–water partition coefficient (Wildman–Crippen LogP) is 0.0356. The number of rotatable bonds is 6. The van der Waals surface area contributed by atoms with Crippen molar-refractivity contribution in [3.63, 3.8) is 0 Å². The van der Waals surface area contributed by atoms with Gasteiger partial charge < -0.3 is 19.4 Å². The topological polar surface area (TPSA) is 94.7 Å². The Balaban J connectivity index is 1.31. The molecule has 25 heavy (non-hydrogen) atoms. The SMILES string of the molecule is CN(C[C@H]1OCC[C@H]1c1ncn[nH]1)C(=O)CN1CCN(C2CC2)C1=O. The van der Waals surface area contributed by atoms with E-state index >= 15 is 0 Å². The molecule has 9 nitrogen and oxygen atoms in total. The first-order valence-electron chi connectivity index (χ1n) is 8.90. The quantitative estimate of drug-likeness (QED) is 0.783. The summed E-state index contributed by atoms with van der Waals surface area (Å²) in [7, 11) is 1.76. The van der Waals surface area contributed by atoms with Crippen LogP contribution in [-0.2, 0) is 9.53 Å². The number of ether oxygens (including phenoxy) is 1. The van der Waals surface area contributed by atoms with Crippen LogP contribution in [0.5, 0.6) is 0 Å². The van der Waals surface area contributed by atoms with Crippen molar-refractivity contribution in [1.29, 1.82) is 0 Å². The first-order valence-corrected chi connectivity index (χ1v) is 8.90. The standard InChI is InChI=1S/C16H24N6O3/c1-20(8-13-12(4-7-25-13)15-17-10-18-19-15)14(23)9-21-5-6-22(16(21)24)11-2-3-11/h10-13H,2-9H2,1H3,(H,17,18,19)/t12-,13-/m1/s1. The van der Waals surface area contributed by atoms with Crippen LogP contribution in [0.3, 0.4) is 0 Å². The Bertz CT molecular complexity index is 632. The van der Waals surface area contributed by atoms with Crippen LogP contribution in [0.25, 0.3) is 0 Å². The van der Waals surface area contributed by atoms with Crippen LogP contribution in [0, 0.1) is 0 Å². The van der Waals surface area contributed by atoms with Gasteiger partial charge in [0.2, 0.25) is 5.91 Å². The molecule has 3 fully saturated rings. The number of carbonyl (C=O) groups excluding carboxylic acids is 2. The zero-order valence-electron chi connectivity index (χ0n) is 14.4. The van der Waals surface area contributed by atoms with Crippen molar-refractivity contribution in [2.24, 2.45) is 0 Å². The summed E-state index contributed by atoms with van der Waals surface area (Å²) in [6, 6.07) is 0.404. The molecule has 2 saturated heterocycles. The number of hydrogen-bond donors (Lipinski definition) is 1. The molecule has 0 unspecified atom stereocenters. The van der Waals surface area contributed by atoms with Crippen LogP contribution >= 0.6 is 0 Å². The second-order valence-electron chi connectivity index (χ2n) is 7.08. The summed E-state index contributed by atoms with van der Waals surface area (Å²) in [5, 5.41) is 6.79. The molecule has 4 rings (SSSR count). The minimum absolute atomic E-state index is 0.000836. The van der Waals surface area contributed by atoms with Crippen LogP contribution < -0.4 is 0 Å². The van der Waals surface area contributed by atoms with E-state index < -0.39 is 0 Å². The van der Waals surface area contributed by atoms with E-state index in [-0.39, 0.29) is 30.5 Å². The van der Waals surface area contributed by atoms with E-state index in [0.29, 0.717) is 25.7 Å². The second kappa shape index (κ2) is 6.62. The van der Waals surface area contributed by atoms with E-state index in [4.69, 9.17) is 4.74 Å². The predicted molar refractivity (Wildman–Crippen MR) is 87.8 cm³/mol. The molecule has 1 aromatic heterocycles. The number of hydrogen-bond acceptors (Lipinski definition) is 5. The number of likely N-dealkylation sites (N-methyl/N-ethyl adjacent to an activating group) is 1. The van der Waals surface area contributed by atoms with Crippen molar-refractivity contribution in [1.82, 2.24) is 29.9 Å². The fraction of sp³-hybridized carbons (Fsp3) is 0.750. The molecular formula is C16H24N6O3. The van der Waals surface area contributed by atoms with E-state index in [1.54, 1.807) is 16.8 Å². The second-order valence-corrected chi connectivity index (χ2v) is 7.08. The molecule has 0 bridgehead atoms. The third-order valence-electron chi connectivity index (χ3n) is 5.31. The van der Waals surface area contributed by atoms with Crippen molar-refractivity contribution < 1.29 is 14.3 Å². The Labute approximate surface area is 146 Å². The van der Waals surface area contributed by atoms with E-state index in [1.165, 1.54) is 6.33 Å². The summed E-state index contributed by atoms with van der Waals surface area (Å²) in [5.74, 6) is 0.868. The number of nitrogens with one attached hydrogen (secondary N) is 1. The van der Waals surface area contributed by atoms with E-state index in [1.807, 2.05) is 4.90 Å². The van der Waals surface area contributed by atoms with Gasteiger partial charge in [0.25, 0.3) is 0 Å². The minimum atomic E-state index is -0.0980. The Kier molecular flexibility index (Phi) is 4.32. The number of aromatic nitrogens is 3. The van der Waals surface area contributed by atoms with Gasteiger partial charge in [-0.25, -0.2) is 9.78 Å². The molecule has 2 atom stereocenters.